The van der Waals surface area contributed by atoms with Crippen LogP contribution < -0.4 is 9.47 Å². The van der Waals surface area contributed by atoms with Crippen LogP contribution in [0.25, 0.3) is 11.0 Å². The van der Waals surface area contributed by atoms with Gasteiger partial charge in [0.05, 0.1) is 34.9 Å². The van der Waals surface area contributed by atoms with Crippen molar-refractivity contribution in [1.29, 1.82) is 0 Å². The number of aromatic nitrogens is 3. The Hall–Kier alpha value is -4.19. The van der Waals surface area contributed by atoms with E-state index in [2.05, 4.69) is 9.97 Å². The van der Waals surface area contributed by atoms with Crippen molar-refractivity contribution in [2.75, 3.05) is 6.61 Å². The number of fused-ring (bicyclic) bond motifs is 1. The second-order valence-corrected chi connectivity index (χ2v) is 10.2. The summed E-state index contributed by atoms with van der Waals surface area (Å²) in [7, 11) is 0. The Bertz CT molecular complexity index is 1800. The van der Waals surface area contributed by atoms with Gasteiger partial charge in [0.25, 0.3) is 0 Å². The van der Waals surface area contributed by atoms with Crippen molar-refractivity contribution in [2.24, 2.45) is 0 Å². The number of carbonyl (C=O) groups is 1. The number of pyridine rings is 1. The van der Waals surface area contributed by atoms with Gasteiger partial charge in [0, 0.05) is 30.2 Å². The smallest absolute Gasteiger partial charge is 0.335 e. The van der Waals surface area contributed by atoms with Gasteiger partial charge in [-0.2, -0.15) is 13.5 Å². The van der Waals surface area contributed by atoms with E-state index in [0.717, 1.165) is 12.5 Å². The highest BCUT2D eigenvalue weighted by molar-refractivity contribution is 7.59. The molecule has 3 heterocycles. The molecule has 0 spiro atoms. The SMILES string of the molecule is O=C(O)c1ccc2nc(Cc3ccc(Oc4cccc(COc5ccc(Cl)cc5F)n4)cc3F)n(C[C@@H]3CCO3)c2c1.S. The summed E-state index contributed by atoms with van der Waals surface area (Å²) in [6.45, 7) is 1.16. The molecule has 0 radical (unpaired) electrons. The van der Waals surface area contributed by atoms with Gasteiger partial charge in [0.1, 0.15) is 24.0 Å². The Balaban J connectivity index is 0.00000368. The molecule has 0 aliphatic carbocycles. The van der Waals surface area contributed by atoms with Crippen LogP contribution in [0.2, 0.25) is 5.02 Å². The second kappa shape index (κ2) is 13.0. The number of aromatic carboxylic acids is 1. The Kier molecular flexibility index (Phi) is 9.14. The summed E-state index contributed by atoms with van der Waals surface area (Å²) in [6, 6.07) is 18.4. The number of halogens is 3. The monoisotopic (exact) mass is 625 g/mol. The van der Waals surface area contributed by atoms with Gasteiger partial charge in [0.15, 0.2) is 11.6 Å². The van der Waals surface area contributed by atoms with Gasteiger partial charge in [-0.1, -0.05) is 23.7 Å². The summed E-state index contributed by atoms with van der Waals surface area (Å²) in [4.78, 5) is 20.6. The van der Waals surface area contributed by atoms with E-state index in [1.807, 2.05) is 4.57 Å². The molecule has 43 heavy (non-hydrogen) atoms. The quantitative estimate of drug-likeness (QED) is 0.180. The molecular weight excluding hydrogens is 600 g/mol. The van der Waals surface area contributed by atoms with Crippen molar-refractivity contribution in [3.05, 3.63) is 112 Å². The van der Waals surface area contributed by atoms with Crippen LogP contribution in [0, 0.1) is 11.6 Å². The van der Waals surface area contributed by atoms with Crippen LogP contribution in [0.5, 0.6) is 17.4 Å². The van der Waals surface area contributed by atoms with Crippen LogP contribution in [0.4, 0.5) is 8.78 Å². The molecule has 0 unspecified atom stereocenters. The second-order valence-electron chi connectivity index (χ2n) is 9.79. The van der Waals surface area contributed by atoms with Gasteiger partial charge in [-0.3, -0.25) is 0 Å². The van der Waals surface area contributed by atoms with Gasteiger partial charge in [0.2, 0.25) is 5.88 Å². The van der Waals surface area contributed by atoms with E-state index in [0.29, 0.717) is 41.3 Å². The Morgan fingerprint density at radius 3 is 2.60 bits per heavy atom. The van der Waals surface area contributed by atoms with Crippen LogP contribution in [-0.2, 0) is 24.3 Å². The number of carboxylic acids is 1. The average Bonchev–Trinajstić information content (AvgIpc) is 3.28. The number of imidazole rings is 1. The summed E-state index contributed by atoms with van der Waals surface area (Å²) in [5, 5.41) is 9.71. The normalized spacial score (nSPS) is 14.2. The van der Waals surface area contributed by atoms with E-state index >= 15 is 4.39 Å². The average molecular weight is 626 g/mol. The van der Waals surface area contributed by atoms with Gasteiger partial charge >= 0.3 is 5.97 Å². The predicted octanol–water partition coefficient (Wildman–Crippen LogP) is 6.92. The molecule has 0 saturated carbocycles. The van der Waals surface area contributed by atoms with Gasteiger partial charge < -0.3 is 23.9 Å². The zero-order valence-corrected chi connectivity index (χ0v) is 24.4. The van der Waals surface area contributed by atoms with Gasteiger partial charge in [-0.15, -0.1) is 0 Å². The highest BCUT2D eigenvalue weighted by Gasteiger charge is 2.23. The summed E-state index contributed by atoms with van der Waals surface area (Å²) in [5.74, 6) is -0.999. The van der Waals surface area contributed by atoms with Crippen LogP contribution in [0.1, 0.15) is 33.9 Å². The first-order valence-electron chi connectivity index (χ1n) is 13.2. The summed E-state index contributed by atoms with van der Waals surface area (Å²) < 4.78 is 48.1. The number of rotatable bonds is 10. The molecule has 0 bridgehead atoms. The molecule has 1 aliphatic rings. The minimum absolute atomic E-state index is 0. The third-order valence-corrected chi connectivity index (χ3v) is 7.14. The molecular formula is C31H26ClF2N3O5S. The molecule has 1 aliphatic heterocycles. The first-order chi connectivity index (χ1) is 20.3. The summed E-state index contributed by atoms with van der Waals surface area (Å²) in [6.07, 6.45) is 1.06. The number of nitrogens with zero attached hydrogens (tertiary/aromatic N) is 3. The topological polar surface area (TPSA) is 95.7 Å². The van der Waals surface area contributed by atoms with Crippen LogP contribution in [-0.4, -0.2) is 38.3 Å². The molecule has 12 heteroatoms. The van der Waals surface area contributed by atoms with E-state index in [4.69, 9.17) is 25.8 Å². The molecule has 1 atom stereocenters. The number of carboxylic acid groups (broad SMARTS) is 1. The molecule has 1 N–H and O–H groups in total. The maximum atomic E-state index is 15.3. The van der Waals surface area contributed by atoms with E-state index < -0.39 is 17.6 Å². The fraction of sp³-hybridized carbons (Fsp3) is 0.194. The third-order valence-electron chi connectivity index (χ3n) is 6.90. The minimum Gasteiger partial charge on any atom is -0.484 e. The fourth-order valence-corrected chi connectivity index (χ4v) is 4.80. The number of hydrogen-bond acceptors (Lipinski definition) is 6. The van der Waals surface area contributed by atoms with Gasteiger partial charge in [-0.25, -0.2) is 23.5 Å². The fourth-order valence-electron chi connectivity index (χ4n) is 4.64. The maximum absolute atomic E-state index is 15.3. The molecule has 3 aromatic carbocycles. The highest BCUT2D eigenvalue weighted by Crippen LogP contribution is 2.28. The van der Waals surface area contributed by atoms with Crippen molar-refractivity contribution in [3.63, 3.8) is 0 Å². The van der Waals surface area contributed by atoms with E-state index in [1.54, 1.807) is 42.5 Å². The molecule has 6 rings (SSSR count). The minimum atomic E-state index is -1.03. The standard InChI is InChI=1S/C31H24ClF2N3O5.H2S/c32-20-6-9-28(25(34)14-20)41-17-21-2-1-3-30(35-21)42-22-7-4-18(24(33)15-22)13-29-36-26-8-5-19(31(38)39)12-27(26)37(29)16-23-10-11-40-23;/h1-9,12,14-15,23H,10-11,13,16-17H2,(H,38,39);1H2/t23-;/m0./s1. The molecule has 2 aromatic heterocycles. The third kappa shape index (κ3) is 6.90. The molecule has 1 saturated heterocycles. The molecule has 0 amide bonds. The van der Waals surface area contributed by atoms with Crippen molar-refractivity contribution < 1.29 is 32.9 Å². The zero-order valence-electron chi connectivity index (χ0n) is 22.6. The van der Waals surface area contributed by atoms with Crippen LogP contribution in [0.3, 0.4) is 0 Å². The lowest BCUT2D eigenvalue weighted by Crippen LogP contribution is -2.31. The molecule has 1 fully saturated rings. The number of ether oxygens (including phenoxy) is 3. The van der Waals surface area contributed by atoms with Crippen molar-refractivity contribution in [3.8, 4) is 17.4 Å². The number of hydrogen-bond donors (Lipinski definition) is 1. The van der Waals surface area contributed by atoms with Crippen LogP contribution in [0.15, 0.2) is 72.8 Å². The Morgan fingerprint density at radius 1 is 1.05 bits per heavy atom. The molecule has 222 valence electrons. The Morgan fingerprint density at radius 2 is 1.88 bits per heavy atom. The number of benzene rings is 3. The van der Waals surface area contributed by atoms with E-state index in [1.165, 1.54) is 24.3 Å². The van der Waals surface area contributed by atoms with Crippen molar-refractivity contribution in [1.82, 2.24) is 14.5 Å². The van der Waals surface area contributed by atoms with Crippen molar-refractivity contribution in [2.45, 2.75) is 32.1 Å². The van der Waals surface area contributed by atoms with Crippen LogP contribution >= 0.6 is 25.1 Å². The van der Waals surface area contributed by atoms with E-state index in [-0.39, 0.29) is 60.6 Å². The first kappa shape index (κ1) is 30.3. The largest absolute Gasteiger partial charge is 0.484 e. The summed E-state index contributed by atoms with van der Waals surface area (Å²) >= 11 is 5.78. The molecule has 5 aromatic rings. The lowest BCUT2D eigenvalue weighted by atomic mass is 10.1. The lowest BCUT2D eigenvalue weighted by Gasteiger charge is -2.27. The van der Waals surface area contributed by atoms with Crippen molar-refractivity contribution >= 4 is 42.1 Å². The van der Waals surface area contributed by atoms with E-state index in [9.17, 15) is 14.3 Å². The predicted molar refractivity (Wildman–Crippen MR) is 161 cm³/mol. The summed E-state index contributed by atoms with van der Waals surface area (Å²) in [5.41, 5.74) is 2.32. The maximum Gasteiger partial charge on any atom is 0.335 e. The lowest BCUT2D eigenvalue weighted by molar-refractivity contribution is -0.0589. The zero-order chi connectivity index (χ0) is 29.2. The Labute approximate surface area is 257 Å². The molecule has 8 nitrogen and oxygen atoms in total. The highest BCUT2D eigenvalue weighted by atomic mass is 35.5. The van der Waals surface area contributed by atoms with Gasteiger partial charge in [-0.05, 0) is 60.5 Å². The first-order valence-corrected chi connectivity index (χ1v) is 13.5.